The van der Waals surface area contributed by atoms with Crippen LogP contribution in [0.5, 0.6) is 0 Å². The molecule has 20 heavy (non-hydrogen) atoms. The molecule has 0 aromatic carbocycles. The van der Waals surface area contributed by atoms with Crippen LogP contribution in [0.3, 0.4) is 0 Å². The lowest BCUT2D eigenvalue weighted by Crippen LogP contribution is -2.51. The zero-order valence-corrected chi connectivity index (χ0v) is 13.4. The van der Waals surface area contributed by atoms with Gasteiger partial charge < -0.3 is 9.90 Å². The summed E-state index contributed by atoms with van der Waals surface area (Å²) >= 11 is 0. The number of hydrogen-bond donors (Lipinski definition) is 1. The predicted molar refractivity (Wildman–Crippen MR) is 82.4 cm³/mol. The van der Waals surface area contributed by atoms with E-state index in [4.69, 9.17) is 0 Å². The van der Waals surface area contributed by atoms with Crippen LogP contribution in [0.4, 0.5) is 0 Å². The molecule has 0 aromatic heterocycles. The maximum Gasteiger partial charge on any atom is 0.129 e. The van der Waals surface area contributed by atoms with E-state index < -0.39 is 0 Å². The first-order valence-corrected chi connectivity index (χ1v) is 8.11. The Morgan fingerprint density at radius 1 is 1.40 bits per heavy atom. The largest absolute Gasteiger partial charge is 0.396 e. The third-order valence-corrected chi connectivity index (χ3v) is 6.29. The Kier molecular flexibility index (Phi) is 4.44. The molecule has 4 atom stereocenters. The SMILES string of the molecule is C=C1CC[C@@H]2[C@](C)(CO)CCC[C@@]2(C)[C@@H]1CCC(C)=O. The molecule has 0 aromatic rings. The molecule has 2 saturated carbocycles. The lowest BCUT2D eigenvalue weighted by molar-refractivity contribution is -0.118. The fourth-order valence-corrected chi connectivity index (χ4v) is 5.15. The molecule has 0 bridgehead atoms. The summed E-state index contributed by atoms with van der Waals surface area (Å²) in [5.41, 5.74) is 1.62. The number of aliphatic hydroxyl groups is 1. The molecule has 0 aliphatic heterocycles. The molecule has 0 heterocycles. The maximum absolute atomic E-state index is 11.4. The fourth-order valence-electron chi connectivity index (χ4n) is 5.15. The number of ketones is 1. The summed E-state index contributed by atoms with van der Waals surface area (Å²) in [6.07, 6.45) is 7.38. The average Bonchev–Trinajstić information content (AvgIpc) is 2.37. The van der Waals surface area contributed by atoms with Crippen LogP contribution < -0.4 is 0 Å². The molecule has 2 fully saturated rings. The third kappa shape index (κ3) is 2.59. The van der Waals surface area contributed by atoms with Crippen LogP contribution in [-0.4, -0.2) is 17.5 Å². The molecule has 0 spiro atoms. The molecule has 0 saturated heterocycles. The fraction of sp³-hybridized carbons (Fsp3) is 0.833. The zero-order chi connectivity index (χ0) is 15.0. The molecule has 2 heteroatoms. The van der Waals surface area contributed by atoms with Crippen molar-refractivity contribution in [1.82, 2.24) is 0 Å². The first kappa shape index (κ1) is 15.8. The van der Waals surface area contributed by atoms with Gasteiger partial charge in [-0.15, -0.1) is 0 Å². The number of hydrogen-bond acceptors (Lipinski definition) is 2. The quantitative estimate of drug-likeness (QED) is 0.785. The first-order valence-electron chi connectivity index (χ1n) is 8.11. The number of allylic oxidation sites excluding steroid dienone is 1. The van der Waals surface area contributed by atoms with Gasteiger partial charge in [-0.05, 0) is 61.7 Å². The van der Waals surface area contributed by atoms with E-state index in [1.54, 1.807) is 6.92 Å². The summed E-state index contributed by atoms with van der Waals surface area (Å²) in [7, 11) is 0. The van der Waals surface area contributed by atoms with E-state index >= 15 is 0 Å². The molecule has 1 N–H and O–H groups in total. The Bertz CT molecular complexity index is 400. The van der Waals surface area contributed by atoms with Crippen LogP contribution in [0.15, 0.2) is 12.2 Å². The Morgan fingerprint density at radius 3 is 2.70 bits per heavy atom. The van der Waals surface area contributed by atoms with Crippen LogP contribution >= 0.6 is 0 Å². The summed E-state index contributed by atoms with van der Waals surface area (Å²) in [4.78, 5) is 11.4. The van der Waals surface area contributed by atoms with Gasteiger partial charge in [-0.3, -0.25) is 0 Å². The van der Waals surface area contributed by atoms with Gasteiger partial charge in [0.1, 0.15) is 5.78 Å². The summed E-state index contributed by atoms with van der Waals surface area (Å²) in [5.74, 6) is 1.30. The van der Waals surface area contributed by atoms with Gasteiger partial charge in [-0.2, -0.15) is 0 Å². The van der Waals surface area contributed by atoms with Crippen LogP contribution in [0.1, 0.15) is 65.7 Å². The van der Waals surface area contributed by atoms with Crippen molar-refractivity contribution in [2.24, 2.45) is 22.7 Å². The van der Waals surface area contributed by atoms with E-state index in [9.17, 15) is 9.90 Å². The highest BCUT2D eigenvalue weighted by atomic mass is 16.3. The molecule has 2 aliphatic carbocycles. The van der Waals surface area contributed by atoms with Gasteiger partial charge in [0.2, 0.25) is 0 Å². The minimum atomic E-state index is 0.0577. The van der Waals surface area contributed by atoms with Crippen LogP contribution in [0, 0.1) is 22.7 Å². The number of rotatable bonds is 4. The Morgan fingerprint density at radius 2 is 2.10 bits per heavy atom. The first-order chi connectivity index (χ1) is 9.33. The van der Waals surface area contributed by atoms with Crippen molar-refractivity contribution in [3.05, 3.63) is 12.2 Å². The van der Waals surface area contributed by atoms with Crippen molar-refractivity contribution in [2.75, 3.05) is 6.61 Å². The highest BCUT2D eigenvalue weighted by Gasteiger charge is 2.53. The van der Waals surface area contributed by atoms with Crippen molar-refractivity contribution >= 4 is 5.78 Å². The molecular formula is C18H30O2. The van der Waals surface area contributed by atoms with Gasteiger partial charge in [0.05, 0.1) is 0 Å². The van der Waals surface area contributed by atoms with Gasteiger partial charge in [-0.25, -0.2) is 0 Å². The normalized spacial score (nSPS) is 41.3. The molecule has 0 amide bonds. The lowest BCUT2D eigenvalue weighted by Gasteiger charge is -2.58. The number of carbonyl (C=O) groups excluding carboxylic acids is 1. The van der Waals surface area contributed by atoms with Crippen molar-refractivity contribution < 1.29 is 9.90 Å². The second kappa shape index (κ2) is 5.63. The lowest BCUT2D eigenvalue weighted by atomic mass is 9.47. The molecule has 2 rings (SSSR count). The topological polar surface area (TPSA) is 37.3 Å². The molecule has 114 valence electrons. The molecule has 2 nitrogen and oxygen atoms in total. The summed E-state index contributed by atoms with van der Waals surface area (Å²) in [6, 6.07) is 0. The van der Waals surface area contributed by atoms with Gasteiger partial charge in [0.15, 0.2) is 0 Å². The molecular weight excluding hydrogens is 248 g/mol. The summed E-state index contributed by atoms with van der Waals surface area (Å²) in [5, 5.41) is 9.90. The second-order valence-electron chi connectivity index (χ2n) is 7.71. The summed E-state index contributed by atoms with van der Waals surface area (Å²) in [6.45, 7) is 10.9. The second-order valence-corrected chi connectivity index (χ2v) is 7.71. The van der Waals surface area contributed by atoms with Gasteiger partial charge >= 0.3 is 0 Å². The smallest absolute Gasteiger partial charge is 0.129 e. The van der Waals surface area contributed by atoms with E-state index in [1.165, 1.54) is 18.4 Å². The molecule has 2 aliphatic rings. The van der Waals surface area contributed by atoms with Crippen molar-refractivity contribution in [2.45, 2.75) is 65.7 Å². The monoisotopic (exact) mass is 278 g/mol. The van der Waals surface area contributed by atoms with Crippen molar-refractivity contribution in [1.29, 1.82) is 0 Å². The van der Waals surface area contributed by atoms with Crippen LogP contribution in [0.2, 0.25) is 0 Å². The minimum absolute atomic E-state index is 0.0577. The minimum Gasteiger partial charge on any atom is -0.396 e. The van der Waals surface area contributed by atoms with Gasteiger partial charge in [0, 0.05) is 13.0 Å². The van der Waals surface area contributed by atoms with Gasteiger partial charge in [0.25, 0.3) is 0 Å². The highest BCUT2D eigenvalue weighted by molar-refractivity contribution is 5.75. The van der Waals surface area contributed by atoms with E-state index in [2.05, 4.69) is 20.4 Å². The van der Waals surface area contributed by atoms with E-state index in [1.807, 2.05) is 0 Å². The zero-order valence-electron chi connectivity index (χ0n) is 13.4. The highest BCUT2D eigenvalue weighted by Crippen LogP contribution is 2.61. The van der Waals surface area contributed by atoms with E-state index in [0.717, 1.165) is 25.7 Å². The van der Waals surface area contributed by atoms with Gasteiger partial charge in [-0.1, -0.05) is 32.4 Å². The van der Waals surface area contributed by atoms with E-state index in [0.29, 0.717) is 24.9 Å². The van der Waals surface area contributed by atoms with Crippen LogP contribution in [-0.2, 0) is 4.79 Å². The van der Waals surface area contributed by atoms with Crippen LogP contribution in [0.25, 0.3) is 0 Å². The van der Waals surface area contributed by atoms with Crippen molar-refractivity contribution in [3.63, 3.8) is 0 Å². The Balaban J connectivity index is 2.27. The third-order valence-electron chi connectivity index (χ3n) is 6.29. The molecule has 0 radical (unpaired) electrons. The average molecular weight is 278 g/mol. The number of Topliss-reactive ketones (excluding diaryl/α,β-unsaturated/α-hetero) is 1. The maximum atomic E-state index is 11.4. The standard InChI is InChI=1S/C18H30O2/c1-13-6-9-16-17(3,12-19)10-5-11-18(16,4)15(13)8-7-14(2)20/h15-16,19H,1,5-12H2,2-4H3/t15-,16-,17+,18+/m1/s1. The Hall–Kier alpha value is -0.630. The number of fused-ring (bicyclic) bond motifs is 1. The number of aliphatic hydroxyl groups excluding tert-OH is 1. The predicted octanol–water partition coefficient (Wildman–Crippen LogP) is 4.13. The summed E-state index contributed by atoms with van der Waals surface area (Å²) < 4.78 is 0. The molecule has 0 unspecified atom stereocenters. The van der Waals surface area contributed by atoms with Crippen molar-refractivity contribution in [3.8, 4) is 0 Å². The van der Waals surface area contributed by atoms with E-state index in [-0.39, 0.29) is 16.6 Å². The Labute approximate surface area is 123 Å². The number of carbonyl (C=O) groups is 1.